The van der Waals surface area contributed by atoms with Crippen molar-refractivity contribution in [2.45, 2.75) is 20.3 Å². The van der Waals surface area contributed by atoms with Crippen LogP contribution in [-0.4, -0.2) is 47.0 Å². The summed E-state index contributed by atoms with van der Waals surface area (Å²) < 4.78 is 1.03. The Morgan fingerprint density at radius 1 is 1.03 bits per heavy atom. The molecule has 2 saturated heterocycles. The molecule has 6 heteroatoms. The lowest BCUT2D eigenvalue weighted by Crippen LogP contribution is -2.41. The fourth-order valence-corrected chi connectivity index (χ4v) is 5.79. The number of hydrogen-bond donors (Lipinski definition) is 0. The number of benzene rings is 1. The van der Waals surface area contributed by atoms with Crippen molar-refractivity contribution in [3.05, 3.63) is 52.2 Å². The highest BCUT2D eigenvalue weighted by atomic mass is 79.9. The number of carbonyl (C=O) groups is 1. The van der Waals surface area contributed by atoms with Gasteiger partial charge < -0.3 is 9.80 Å². The number of aryl methyl sites for hydroxylation is 2. The molecule has 2 fully saturated rings. The molecule has 3 heterocycles. The van der Waals surface area contributed by atoms with Crippen LogP contribution >= 0.6 is 15.9 Å². The van der Waals surface area contributed by atoms with E-state index in [1.54, 1.807) is 0 Å². The van der Waals surface area contributed by atoms with Gasteiger partial charge in [-0.25, -0.2) is 9.97 Å². The maximum absolute atomic E-state index is 13.3. The van der Waals surface area contributed by atoms with E-state index in [9.17, 15) is 4.79 Å². The Labute approximate surface area is 179 Å². The summed E-state index contributed by atoms with van der Waals surface area (Å²) >= 11 is 3.74. The molecule has 1 aromatic carbocycles. The summed E-state index contributed by atoms with van der Waals surface area (Å²) in [5, 5.41) is 2.36. The lowest BCUT2D eigenvalue weighted by molar-refractivity contribution is -0.132. The predicted molar refractivity (Wildman–Crippen MR) is 118 cm³/mol. The number of rotatable bonds is 2. The molecule has 0 radical (unpaired) electrons. The van der Waals surface area contributed by atoms with Gasteiger partial charge in [0.2, 0.25) is 11.9 Å². The van der Waals surface area contributed by atoms with Crippen molar-refractivity contribution in [3.63, 3.8) is 0 Å². The largest absolute Gasteiger partial charge is 0.341 e. The molecule has 150 valence electrons. The SMILES string of the molecule is Cc1cc(C)nc(N2CC3CN(C(=O)C4CC=c5ccccc5=C4Br)CC3C2)n1. The maximum atomic E-state index is 13.3. The van der Waals surface area contributed by atoms with Gasteiger partial charge in [-0.1, -0.05) is 46.3 Å². The van der Waals surface area contributed by atoms with Gasteiger partial charge in [0.05, 0.1) is 5.92 Å². The minimum absolute atomic E-state index is 0.0948. The first-order valence-corrected chi connectivity index (χ1v) is 11.1. The molecule has 1 amide bonds. The van der Waals surface area contributed by atoms with Crippen molar-refractivity contribution in [1.29, 1.82) is 0 Å². The van der Waals surface area contributed by atoms with Gasteiger partial charge in [0.1, 0.15) is 0 Å². The second-order valence-electron chi connectivity index (χ2n) is 8.55. The summed E-state index contributed by atoms with van der Waals surface area (Å²) in [6, 6.07) is 10.3. The van der Waals surface area contributed by atoms with Gasteiger partial charge in [-0.05, 0) is 36.8 Å². The second-order valence-corrected chi connectivity index (χ2v) is 9.40. The maximum Gasteiger partial charge on any atom is 0.231 e. The number of amides is 1. The third-order valence-electron chi connectivity index (χ3n) is 6.45. The zero-order valence-corrected chi connectivity index (χ0v) is 18.4. The standard InChI is InChI=1S/C23H25BrN4O/c1-14-9-15(2)26-23(25-14)28-12-17-10-27(11-18(17)13-28)22(29)20-8-7-16-5-3-4-6-19(16)21(20)24/h3-7,9,17-18,20H,8,10-13H2,1-2H3. The molecule has 1 aliphatic carbocycles. The Morgan fingerprint density at radius 3 is 2.38 bits per heavy atom. The molecule has 5 rings (SSSR count). The van der Waals surface area contributed by atoms with Crippen LogP contribution in [0.25, 0.3) is 10.6 Å². The van der Waals surface area contributed by atoms with Crippen LogP contribution in [0.5, 0.6) is 0 Å². The number of fused-ring (bicyclic) bond motifs is 2. The van der Waals surface area contributed by atoms with E-state index in [1.165, 1.54) is 5.22 Å². The molecule has 0 saturated carbocycles. The molecule has 0 N–H and O–H groups in total. The number of carbonyl (C=O) groups excluding carboxylic acids is 1. The summed E-state index contributed by atoms with van der Waals surface area (Å²) in [5.74, 6) is 2.00. The van der Waals surface area contributed by atoms with Crippen LogP contribution in [0, 0.1) is 31.6 Å². The molecule has 3 unspecified atom stereocenters. The van der Waals surface area contributed by atoms with Crippen molar-refractivity contribution in [2.75, 3.05) is 31.1 Å². The highest BCUT2D eigenvalue weighted by molar-refractivity contribution is 9.14. The van der Waals surface area contributed by atoms with E-state index in [4.69, 9.17) is 0 Å². The van der Waals surface area contributed by atoms with Gasteiger partial charge in [-0.2, -0.15) is 0 Å². The van der Waals surface area contributed by atoms with Gasteiger partial charge in [-0.15, -0.1) is 0 Å². The lowest BCUT2D eigenvalue weighted by atomic mass is 9.96. The third-order valence-corrected chi connectivity index (χ3v) is 7.43. The van der Waals surface area contributed by atoms with Crippen LogP contribution in [0.3, 0.4) is 0 Å². The summed E-state index contributed by atoms with van der Waals surface area (Å²) in [6.07, 6.45) is 2.96. The van der Waals surface area contributed by atoms with Crippen LogP contribution in [0.2, 0.25) is 0 Å². The smallest absolute Gasteiger partial charge is 0.231 e. The zero-order chi connectivity index (χ0) is 20.1. The lowest BCUT2D eigenvalue weighted by Gasteiger charge is -2.26. The van der Waals surface area contributed by atoms with Crippen molar-refractivity contribution >= 4 is 38.3 Å². The molecular formula is C23H25BrN4O. The molecule has 3 aliphatic rings. The molecule has 29 heavy (non-hydrogen) atoms. The van der Waals surface area contributed by atoms with Crippen LogP contribution in [0.15, 0.2) is 30.3 Å². The van der Waals surface area contributed by atoms with Crippen molar-refractivity contribution < 1.29 is 4.79 Å². The fraction of sp³-hybridized carbons (Fsp3) is 0.435. The van der Waals surface area contributed by atoms with E-state index in [2.05, 4.69) is 53.9 Å². The van der Waals surface area contributed by atoms with E-state index in [0.29, 0.717) is 11.8 Å². The van der Waals surface area contributed by atoms with E-state index in [-0.39, 0.29) is 11.8 Å². The average molecular weight is 453 g/mol. The van der Waals surface area contributed by atoms with Gasteiger partial charge in [0, 0.05) is 53.9 Å². The fourth-order valence-electron chi connectivity index (χ4n) is 5.04. The third kappa shape index (κ3) is 3.37. The number of aromatic nitrogens is 2. The van der Waals surface area contributed by atoms with Gasteiger partial charge >= 0.3 is 0 Å². The van der Waals surface area contributed by atoms with Crippen molar-refractivity contribution in [2.24, 2.45) is 17.8 Å². The first-order chi connectivity index (χ1) is 14.0. The average Bonchev–Trinajstić information content (AvgIpc) is 3.27. The minimum atomic E-state index is -0.0948. The van der Waals surface area contributed by atoms with E-state index < -0.39 is 0 Å². The van der Waals surface area contributed by atoms with Gasteiger partial charge in [0.15, 0.2) is 0 Å². The van der Waals surface area contributed by atoms with Gasteiger partial charge in [0.25, 0.3) is 0 Å². The Kier molecular flexibility index (Phi) is 4.69. The molecule has 2 aromatic rings. The Morgan fingerprint density at radius 2 is 1.69 bits per heavy atom. The second kappa shape index (κ2) is 7.24. The van der Waals surface area contributed by atoms with Crippen molar-refractivity contribution in [3.8, 4) is 0 Å². The molecule has 2 aliphatic heterocycles. The molecule has 0 spiro atoms. The quantitative estimate of drug-likeness (QED) is 0.698. The molecule has 3 atom stereocenters. The Balaban J connectivity index is 1.29. The normalized spacial score (nSPS) is 25.6. The highest BCUT2D eigenvalue weighted by Crippen LogP contribution is 2.35. The topological polar surface area (TPSA) is 49.3 Å². The summed E-state index contributed by atoms with van der Waals surface area (Å²) in [6.45, 7) is 7.57. The Bertz CT molecular complexity index is 1060. The number of halogens is 1. The van der Waals surface area contributed by atoms with Crippen LogP contribution in [0.4, 0.5) is 5.95 Å². The number of anilines is 1. The van der Waals surface area contributed by atoms with E-state index >= 15 is 0 Å². The number of nitrogens with zero attached hydrogens (tertiary/aromatic N) is 4. The molecule has 5 nitrogen and oxygen atoms in total. The predicted octanol–water partition coefficient (Wildman–Crippen LogP) is 1.99. The van der Waals surface area contributed by atoms with E-state index in [0.717, 1.165) is 59.6 Å². The zero-order valence-electron chi connectivity index (χ0n) is 16.8. The van der Waals surface area contributed by atoms with Gasteiger partial charge in [-0.3, -0.25) is 4.79 Å². The van der Waals surface area contributed by atoms with E-state index in [1.807, 2.05) is 32.0 Å². The van der Waals surface area contributed by atoms with Crippen molar-refractivity contribution in [1.82, 2.24) is 14.9 Å². The first kappa shape index (κ1) is 18.8. The summed E-state index contributed by atoms with van der Waals surface area (Å²) in [5.41, 5.74) is 2.02. The van der Waals surface area contributed by atoms with Crippen LogP contribution in [0.1, 0.15) is 17.8 Å². The van der Waals surface area contributed by atoms with Crippen LogP contribution < -0.4 is 15.3 Å². The summed E-state index contributed by atoms with van der Waals surface area (Å²) in [4.78, 5) is 26.9. The molecule has 0 bridgehead atoms. The monoisotopic (exact) mass is 452 g/mol. The summed E-state index contributed by atoms with van der Waals surface area (Å²) in [7, 11) is 0. The molecule has 1 aromatic heterocycles. The number of likely N-dealkylation sites (tertiary alicyclic amines) is 1. The highest BCUT2D eigenvalue weighted by Gasteiger charge is 2.43. The molecular weight excluding hydrogens is 428 g/mol. The number of hydrogen-bond acceptors (Lipinski definition) is 4. The minimum Gasteiger partial charge on any atom is -0.341 e. The van der Waals surface area contributed by atoms with Crippen LogP contribution in [-0.2, 0) is 4.79 Å². The Hall–Kier alpha value is -2.21. The first-order valence-electron chi connectivity index (χ1n) is 10.3.